The Morgan fingerprint density at radius 3 is 2.52 bits per heavy atom. The molecule has 6 nitrogen and oxygen atoms in total. The first kappa shape index (κ1) is 19.9. The van der Waals surface area contributed by atoms with E-state index in [0.29, 0.717) is 16.1 Å². The number of rotatable bonds is 4. The van der Waals surface area contributed by atoms with Crippen LogP contribution in [0.2, 0.25) is 0 Å². The van der Waals surface area contributed by atoms with Crippen molar-refractivity contribution in [3.05, 3.63) is 45.8 Å². The molecule has 0 spiro atoms. The molecule has 1 saturated heterocycles. The number of nitrogens with one attached hydrogen (secondary N) is 1. The van der Waals surface area contributed by atoms with E-state index < -0.39 is 0 Å². The smallest absolute Gasteiger partial charge is 0.341 e. The summed E-state index contributed by atoms with van der Waals surface area (Å²) in [4.78, 5) is 28.7. The van der Waals surface area contributed by atoms with Gasteiger partial charge in [-0.15, -0.1) is 11.3 Å². The average molecular weight is 415 g/mol. The summed E-state index contributed by atoms with van der Waals surface area (Å²) in [5.74, 6) is -0.581. The van der Waals surface area contributed by atoms with Crippen molar-refractivity contribution in [1.82, 2.24) is 0 Å². The number of hydrogen-bond donors (Lipinski definition) is 1. The molecule has 1 fully saturated rings. The van der Waals surface area contributed by atoms with Gasteiger partial charge in [-0.25, -0.2) is 4.79 Å². The van der Waals surface area contributed by atoms with E-state index in [1.807, 2.05) is 24.3 Å². The molecule has 2 aromatic rings. The Hall–Kier alpha value is -2.38. The van der Waals surface area contributed by atoms with Gasteiger partial charge in [0.1, 0.15) is 5.00 Å². The van der Waals surface area contributed by atoms with Crippen LogP contribution < -0.4 is 10.2 Å². The summed E-state index contributed by atoms with van der Waals surface area (Å²) in [5.41, 5.74) is 3.24. The maximum absolute atomic E-state index is 12.9. The number of ether oxygens (including phenoxy) is 2. The first-order valence-electron chi connectivity index (χ1n) is 10.1. The highest BCUT2D eigenvalue weighted by Gasteiger charge is 2.26. The van der Waals surface area contributed by atoms with Crippen molar-refractivity contribution in [2.75, 3.05) is 43.6 Å². The number of morpholine rings is 1. The lowest BCUT2D eigenvalue weighted by Gasteiger charge is -2.28. The van der Waals surface area contributed by atoms with Crippen LogP contribution in [0.4, 0.5) is 10.7 Å². The lowest BCUT2D eigenvalue weighted by Crippen LogP contribution is -2.36. The highest BCUT2D eigenvalue weighted by molar-refractivity contribution is 7.17. The van der Waals surface area contributed by atoms with Gasteiger partial charge in [-0.1, -0.05) is 6.42 Å². The fourth-order valence-corrected chi connectivity index (χ4v) is 5.24. The molecule has 1 aliphatic heterocycles. The second-order valence-electron chi connectivity index (χ2n) is 7.36. The molecule has 0 saturated carbocycles. The maximum atomic E-state index is 12.9. The number of aryl methyl sites for hydroxylation is 1. The molecule has 0 unspecified atom stereocenters. The van der Waals surface area contributed by atoms with Crippen LogP contribution in [0.15, 0.2) is 24.3 Å². The third-order valence-electron chi connectivity index (χ3n) is 5.54. The Bertz CT molecular complexity index is 885. The molecule has 29 heavy (non-hydrogen) atoms. The van der Waals surface area contributed by atoms with Crippen molar-refractivity contribution in [1.29, 1.82) is 0 Å². The Kier molecular flexibility index (Phi) is 6.16. The average Bonchev–Trinajstić information content (AvgIpc) is 2.94. The van der Waals surface area contributed by atoms with Crippen molar-refractivity contribution in [2.45, 2.75) is 32.1 Å². The highest BCUT2D eigenvalue weighted by Crippen LogP contribution is 2.38. The van der Waals surface area contributed by atoms with Gasteiger partial charge in [-0.05, 0) is 55.5 Å². The molecule has 1 amide bonds. The quantitative estimate of drug-likeness (QED) is 0.607. The van der Waals surface area contributed by atoms with E-state index in [1.54, 1.807) is 0 Å². The maximum Gasteiger partial charge on any atom is 0.341 e. The topological polar surface area (TPSA) is 67.9 Å². The SMILES string of the molecule is COC(=O)c1c(NC(=O)c2ccc(N3CCOCC3)cc2)sc2c1CCCCC2. The molecule has 1 aromatic heterocycles. The third-order valence-corrected chi connectivity index (χ3v) is 6.75. The monoisotopic (exact) mass is 414 g/mol. The first-order valence-corrected chi connectivity index (χ1v) is 11.0. The second kappa shape index (κ2) is 8.97. The minimum Gasteiger partial charge on any atom is -0.465 e. The first-order chi connectivity index (χ1) is 14.2. The van der Waals surface area contributed by atoms with Crippen molar-refractivity contribution in [3.63, 3.8) is 0 Å². The number of fused-ring (bicyclic) bond motifs is 1. The summed E-state index contributed by atoms with van der Waals surface area (Å²) in [6, 6.07) is 7.59. The van der Waals surface area contributed by atoms with Crippen LogP contribution in [0.3, 0.4) is 0 Å². The number of carbonyl (C=O) groups excluding carboxylic acids is 2. The molecule has 7 heteroatoms. The van der Waals surface area contributed by atoms with Crippen LogP contribution in [-0.4, -0.2) is 45.3 Å². The van der Waals surface area contributed by atoms with E-state index >= 15 is 0 Å². The van der Waals surface area contributed by atoms with Gasteiger partial charge in [0.05, 0.1) is 25.9 Å². The fraction of sp³-hybridized carbons (Fsp3) is 0.455. The molecular weight excluding hydrogens is 388 g/mol. The summed E-state index contributed by atoms with van der Waals surface area (Å²) in [6.45, 7) is 3.16. The largest absolute Gasteiger partial charge is 0.465 e. The van der Waals surface area contributed by atoms with Gasteiger partial charge in [0.2, 0.25) is 0 Å². The third kappa shape index (κ3) is 4.31. The molecule has 154 valence electrons. The van der Waals surface area contributed by atoms with Gasteiger partial charge < -0.3 is 19.7 Å². The Morgan fingerprint density at radius 2 is 1.79 bits per heavy atom. The Morgan fingerprint density at radius 1 is 1.07 bits per heavy atom. The number of esters is 1. The Labute approximate surface area is 174 Å². The zero-order chi connectivity index (χ0) is 20.2. The Balaban J connectivity index is 1.54. The van der Waals surface area contributed by atoms with Crippen LogP contribution in [0.5, 0.6) is 0 Å². The molecule has 0 radical (unpaired) electrons. The molecule has 1 aromatic carbocycles. The predicted molar refractivity (Wildman–Crippen MR) is 114 cm³/mol. The standard InChI is InChI=1S/C22H26N2O4S/c1-27-22(26)19-17-5-3-2-4-6-18(17)29-21(19)23-20(25)15-7-9-16(10-8-15)24-11-13-28-14-12-24/h7-10H,2-6,11-14H2,1H3,(H,23,25). The summed E-state index contributed by atoms with van der Waals surface area (Å²) in [5, 5.41) is 3.57. The van der Waals surface area contributed by atoms with E-state index in [1.165, 1.54) is 29.7 Å². The number of anilines is 2. The highest BCUT2D eigenvalue weighted by atomic mass is 32.1. The number of benzene rings is 1. The van der Waals surface area contributed by atoms with Gasteiger partial charge in [-0.2, -0.15) is 0 Å². The van der Waals surface area contributed by atoms with Gasteiger partial charge in [-0.3, -0.25) is 4.79 Å². The fourth-order valence-electron chi connectivity index (χ4n) is 3.97. The number of amides is 1. The summed E-state index contributed by atoms with van der Waals surface area (Å²) >= 11 is 1.51. The van der Waals surface area contributed by atoms with E-state index in [-0.39, 0.29) is 11.9 Å². The molecule has 1 aliphatic carbocycles. The zero-order valence-electron chi connectivity index (χ0n) is 16.7. The van der Waals surface area contributed by atoms with Crippen molar-refractivity contribution in [2.24, 2.45) is 0 Å². The van der Waals surface area contributed by atoms with Gasteiger partial charge >= 0.3 is 5.97 Å². The second-order valence-corrected chi connectivity index (χ2v) is 8.47. The van der Waals surface area contributed by atoms with Crippen LogP contribution in [0.1, 0.15) is 50.4 Å². The molecular formula is C22H26N2O4S. The molecule has 2 aliphatic rings. The van der Waals surface area contributed by atoms with Gasteiger partial charge in [0.15, 0.2) is 0 Å². The zero-order valence-corrected chi connectivity index (χ0v) is 17.5. The van der Waals surface area contributed by atoms with Crippen molar-refractivity contribution in [3.8, 4) is 0 Å². The molecule has 1 N–H and O–H groups in total. The van der Waals surface area contributed by atoms with Gasteiger partial charge in [0.25, 0.3) is 5.91 Å². The minimum absolute atomic E-state index is 0.208. The van der Waals surface area contributed by atoms with E-state index in [0.717, 1.165) is 63.2 Å². The lowest BCUT2D eigenvalue weighted by atomic mass is 10.1. The van der Waals surface area contributed by atoms with Crippen molar-refractivity contribution >= 4 is 33.9 Å². The van der Waals surface area contributed by atoms with Gasteiger partial charge in [0, 0.05) is 29.2 Å². The normalized spacial score (nSPS) is 16.7. The van der Waals surface area contributed by atoms with E-state index in [9.17, 15) is 9.59 Å². The van der Waals surface area contributed by atoms with E-state index in [2.05, 4.69) is 10.2 Å². The minimum atomic E-state index is -0.373. The molecule has 0 atom stereocenters. The van der Waals surface area contributed by atoms with Crippen LogP contribution in [-0.2, 0) is 22.3 Å². The van der Waals surface area contributed by atoms with Crippen LogP contribution >= 0.6 is 11.3 Å². The predicted octanol–water partition coefficient (Wildman–Crippen LogP) is 3.89. The number of nitrogens with zero attached hydrogens (tertiary/aromatic N) is 1. The lowest BCUT2D eigenvalue weighted by molar-refractivity contribution is 0.0601. The number of methoxy groups -OCH3 is 1. The number of carbonyl (C=O) groups is 2. The molecule has 4 rings (SSSR count). The summed E-state index contributed by atoms with van der Waals surface area (Å²) in [6.07, 6.45) is 5.16. The van der Waals surface area contributed by atoms with E-state index in [4.69, 9.17) is 9.47 Å². The number of thiophene rings is 1. The van der Waals surface area contributed by atoms with Crippen LogP contribution in [0.25, 0.3) is 0 Å². The molecule has 2 heterocycles. The van der Waals surface area contributed by atoms with Crippen LogP contribution in [0, 0.1) is 0 Å². The summed E-state index contributed by atoms with van der Waals surface area (Å²) in [7, 11) is 1.39. The molecule has 0 bridgehead atoms. The van der Waals surface area contributed by atoms with Crippen molar-refractivity contribution < 1.29 is 19.1 Å². The number of hydrogen-bond acceptors (Lipinski definition) is 6. The summed E-state index contributed by atoms with van der Waals surface area (Å²) < 4.78 is 10.4.